The maximum atomic E-state index is 13.2. The van der Waals surface area contributed by atoms with Gasteiger partial charge in [-0.05, 0) is 55.0 Å². The van der Waals surface area contributed by atoms with Crippen molar-refractivity contribution < 1.29 is 23.8 Å². The van der Waals surface area contributed by atoms with Crippen LogP contribution in [0.5, 0.6) is 11.5 Å². The van der Waals surface area contributed by atoms with E-state index in [2.05, 4.69) is 12.1 Å². The van der Waals surface area contributed by atoms with Crippen molar-refractivity contribution in [2.24, 2.45) is 0 Å². The fourth-order valence-corrected chi connectivity index (χ4v) is 4.03. The van der Waals surface area contributed by atoms with Gasteiger partial charge in [0.25, 0.3) is 5.91 Å². The Bertz CT molecular complexity index is 1150. The van der Waals surface area contributed by atoms with Gasteiger partial charge in [-0.1, -0.05) is 30.3 Å². The summed E-state index contributed by atoms with van der Waals surface area (Å²) in [6.45, 7) is 6.70. The molecule has 0 aromatic heterocycles. The van der Waals surface area contributed by atoms with Crippen LogP contribution in [0.15, 0.2) is 60.7 Å². The van der Waals surface area contributed by atoms with Crippen LogP contribution in [-0.4, -0.2) is 61.2 Å². The van der Waals surface area contributed by atoms with Crippen molar-refractivity contribution >= 4 is 22.8 Å². The average Bonchev–Trinajstić information content (AvgIpc) is 2.88. The second-order valence-electron chi connectivity index (χ2n) is 8.03. The zero-order valence-corrected chi connectivity index (χ0v) is 19.7. The number of rotatable bonds is 7. The highest BCUT2D eigenvalue weighted by Gasteiger charge is 2.26. The Balaban J connectivity index is 1.45. The highest BCUT2D eigenvalue weighted by atomic mass is 16.6. The van der Waals surface area contributed by atoms with E-state index in [-0.39, 0.29) is 18.6 Å². The van der Waals surface area contributed by atoms with Gasteiger partial charge < -0.3 is 24.0 Å². The lowest BCUT2D eigenvalue weighted by molar-refractivity contribution is 0.0570. The first-order chi connectivity index (χ1) is 16.6. The van der Waals surface area contributed by atoms with Crippen molar-refractivity contribution in [2.45, 2.75) is 20.5 Å². The van der Waals surface area contributed by atoms with Crippen molar-refractivity contribution in [3.63, 3.8) is 0 Å². The molecule has 0 atom stereocenters. The molecule has 0 spiro atoms. The molecule has 3 aromatic carbocycles. The second kappa shape index (κ2) is 10.9. The van der Waals surface area contributed by atoms with Crippen LogP contribution >= 0.6 is 0 Å². The van der Waals surface area contributed by atoms with Crippen molar-refractivity contribution in [1.29, 1.82) is 0 Å². The van der Waals surface area contributed by atoms with E-state index in [1.54, 1.807) is 22.8 Å². The zero-order valence-electron chi connectivity index (χ0n) is 19.7. The van der Waals surface area contributed by atoms with Gasteiger partial charge in [0, 0.05) is 37.3 Å². The average molecular weight is 463 g/mol. The van der Waals surface area contributed by atoms with E-state index < -0.39 is 0 Å². The Labute approximate surface area is 199 Å². The number of fused-ring (bicyclic) bond motifs is 1. The van der Waals surface area contributed by atoms with Crippen LogP contribution in [0.1, 0.15) is 29.8 Å². The van der Waals surface area contributed by atoms with Gasteiger partial charge in [0.15, 0.2) is 0 Å². The number of amides is 2. The summed E-state index contributed by atoms with van der Waals surface area (Å²) >= 11 is 0. The molecule has 1 aliphatic heterocycles. The first-order valence-electron chi connectivity index (χ1n) is 11.7. The molecule has 7 nitrogen and oxygen atoms in total. The van der Waals surface area contributed by atoms with E-state index in [0.29, 0.717) is 50.7 Å². The second-order valence-corrected chi connectivity index (χ2v) is 8.03. The molecule has 0 N–H and O–H groups in total. The summed E-state index contributed by atoms with van der Waals surface area (Å²) in [6, 6.07) is 19.6. The number of hydrogen-bond acceptors (Lipinski definition) is 5. The third-order valence-electron chi connectivity index (χ3n) is 5.82. The van der Waals surface area contributed by atoms with Gasteiger partial charge in [0.1, 0.15) is 18.1 Å². The fourth-order valence-electron chi connectivity index (χ4n) is 4.03. The van der Waals surface area contributed by atoms with E-state index in [1.165, 1.54) is 0 Å². The number of ether oxygens (including phenoxy) is 3. The van der Waals surface area contributed by atoms with Gasteiger partial charge in [-0.2, -0.15) is 0 Å². The minimum absolute atomic E-state index is 0.0708. The lowest BCUT2D eigenvalue weighted by Gasteiger charge is -2.34. The van der Waals surface area contributed by atoms with Gasteiger partial charge in [-0.25, -0.2) is 4.79 Å². The molecular formula is C27H30N2O5. The lowest BCUT2D eigenvalue weighted by Crippen LogP contribution is -2.50. The van der Waals surface area contributed by atoms with Crippen molar-refractivity contribution in [3.05, 3.63) is 71.8 Å². The van der Waals surface area contributed by atoms with Gasteiger partial charge >= 0.3 is 6.09 Å². The van der Waals surface area contributed by atoms with Crippen LogP contribution < -0.4 is 9.47 Å². The first kappa shape index (κ1) is 23.4. The molecular weight excluding hydrogens is 432 g/mol. The van der Waals surface area contributed by atoms with Crippen molar-refractivity contribution in [1.82, 2.24) is 9.80 Å². The van der Waals surface area contributed by atoms with Crippen molar-refractivity contribution in [2.75, 3.05) is 39.4 Å². The predicted octanol–water partition coefficient (Wildman–Crippen LogP) is 4.73. The van der Waals surface area contributed by atoms with E-state index in [1.807, 2.05) is 49.4 Å². The SMILES string of the molecule is CCOC(=O)N1CCN(C(=O)c2ccc(OCC)c(COc3ccc4ccccc4c3)c2)CC1. The summed E-state index contributed by atoms with van der Waals surface area (Å²) in [5.74, 6) is 1.39. The number of carbonyl (C=O) groups excluding carboxylic acids is 2. The minimum atomic E-state index is -0.330. The van der Waals surface area contributed by atoms with E-state index in [9.17, 15) is 9.59 Å². The molecule has 0 radical (unpaired) electrons. The number of hydrogen-bond donors (Lipinski definition) is 0. The van der Waals surface area contributed by atoms with Gasteiger partial charge in [-0.3, -0.25) is 4.79 Å². The summed E-state index contributed by atoms with van der Waals surface area (Å²) in [6.07, 6.45) is -0.330. The van der Waals surface area contributed by atoms with Gasteiger partial charge in [0.2, 0.25) is 0 Å². The molecule has 0 unspecified atom stereocenters. The van der Waals surface area contributed by atoms with Crippen molar-refractivity contribution in [3.8, 4) is 11.5 Å². The molecule has 1 heterocycles. The number of carbonyl (C=O) groups is 2. The Morgan fingerprint density at radius 2 is 1.53 bits per heavy atom. The standard InChI is InChI=1S/C27H30N2O5/c1-3-32-25-12-10-22(26(30)28-13-15-29(16-14-28)27(31)33-4-2)17-23(25)19-34-24-11-9-20-7-5-6-8-21(20)18-24/h5-12,17-18H,3-4,13-16,19H2,1-2H3. The molecule has 3 aromatic rings. The molecule has 7 heteroatoms. The summed E-state index contributed by atoms with van der Waals surface area (Å²) in [7, 11) is 0. The van der Waals surface area contributed by atoms with E-state index >= 15 is 0 Å². The molecule has 2 amide bonds. The summed E-state index contributed by atoms with van der Waals surface area (Å²) in [4.78, 5) is 28.5. The topological polar surface area (TPSA) is 68.3 Å². The molecule has 1 aliphatic rings. The van der Waals surface area contributed by atoms with Crippen LogP contribution in [0.25, 0.3) is 10.8 Å². The maximum Gasteiger partial charge on any atom is 0.409 e. The number of nitrogens with zero attached hydrogens (tertiary/aromatic N) is 2. The molecule has 1 saturated heterocycles. The third-order valence-corrected chi connectivity index (χ3v) is 5.82. The normalized spacial score (nSPS) is 13.6. The van der Waals surface area contributed by atoms with Crippen LogP contribution in [0.3, 0.4) is 0 Å². The molecule has 0 aliphatic carbocycles. The largest absolute Gasteiger partial charge is 0.493 e. The Morgan fingerprint density at radius 3 is 2.26 bits per heavy atom. The quantitative estimate of drug-likeness (QED) is 0.508. The lowest BCUT2D eigenvalue weighted by atomic mass is 10.1. The molecule has 4 rings (SSSR count). The smallest absolute Gasteiger partial charge is 0.409 e. The molecule has 0 saturated carbocycles. The maximum absolute atomic E-state index is 13.2. The molecule has 178 valence electrons. The minimum Gasteiger partial charge on any atom is -0.493 e. The van der Waals surface area contributed by atoms with Crippen LogP contribution in [0.2, 0.25) is 0 Å². The van der Waals surface area contributed by atoms with Crippen LogP contribution in [0, 0.1) is 0 Å². The summed E-state index contributed by atoms with van der Waals surface area (Å²) in [5, 5.41) is 2.26. The van der Waals surface area contributed by atoms with E-state index in [0.717, 1.165) is 22.1 Å². The highest BCUT2D eigenvalue weighted by Crippen LogP contribution is 2.26. The molecule has 1 fully saturated rings. The van der Waals surface area contributed by atoms with Gasteiger partial charge in [-0.15, -0.1) is 0 Å². The zero-order chi connectivity index (χ0) is 23.9. The fraction of sp³-hybridized carbons (Fsp3) is 0.333. The monoisotopic (exact) mass is 462 g/mol. The Morgan fingerprint density at radius 1 is 0.794 bits per heavy atom. The molecule has 34 heavy (non-hydrogen) atoms. The van der Waals surface area contributed by atoms with Crippen LogP contribution in [0.4, 0.5) is 4.79 Å². The number of piperazine rings is 1. The molecule has 0 bridgehead atoms. The first-order valence-corrected chi connectivity index (χ1v) is 11.7. The Hall–Kier alpha value is -3.74. The predicted molar refractivity (Wildman–Crippen MR) is 130 cm³/mol. The van der Waals surface area contributed by atoms with E-state index in [4.69, 9.17) is 14.2 Å². The third kappa shape index (κ3) is 5.42. The Kier molecular flexibility index (Phi) is 7.52. The van der Waals surface area contributed by atoms with Crippen LogP contribution in [-0.2, 0) is 11.3 Å². The summed E-state index contributed by atoms with van der Waals surface area (Å²) < 4.78 is 16.9. The highest BCUT2D eigenvalue weighted by molar-refractivity contribution is 5.94. The van der Waals surface area contributed by atoms with Gasteiger partial charge in [0.05, 0.1) is 13.2 Å². The summed E-state index contributed by atoms with van der Waals surface area (Å²) in [5.41, 5.74) is 1.39. The number of benzene rings is 3.